The van der Waals surface area contributed by atoms with Gasteiger partial charge in [0.05, 0.1) is 0 Å². The maximum atomic E-state index is 13.3. The van der Waals surface area contributed by atoms with E-state index in [2.05, 4.69) is 10.6 Å². The summed E-state index contributed by atoms with van der Waals surface area (Å²) in [5.74, 6) is -4.78. The van der Waals surface area contributed by atoms with Gasteiger partial charge in [0.15, 0.2) is 17.7 Å². The maximum absolute atomic E-state index is 13.3. The lowest BCUT2D eigenvalue weighted by molar-refractivity contribution is -0.142. The number of carbonyl (C=O) groups is 3. The largest absolute Gasteiger partial charge is 0.479 e. The monoisotopic (exact) mass is 376 g/mol. The predicted octanol–water partition coefficient (Wildman–Crippen LogP) is 2.42. The number of halogens is 2. The van der Waals surface area contributed by atoms with Crippen LogP contribution in [0.5, 0.6) is 0 Å². The second kappa shape index (κ2) is 8.88. The van der Waals surface area contributed by atoms with Crippen LogP contribution >= 0.6 is 0 Å². The van der Waals surface area contributed by atoms with Gasteiger partial charge < -0.3 is 15.7 Å². The first-order valence-electron chi connectivity index (χ1n) is 8.11. The molecule has 142 valence electrons. The summed E-state index contributed by atoms with van der Waals surface area (Å²) in [7, 11) is 0. The molecule has 2 aromatic rings. The van der Waals surface area contributed by atoms with E-state index in [9.17, 15) is 28.3 Å². The zero-order chi connectivity index (χ0) is 20.0. The number of rotatable bonds is 7. The van der Waals surface area contributed by atoms with Crippen LogP contribution in [0, 0.1) is 11.6 Å². The summed E-state index contributed by atoms with van der Waals surface area (Å²) in [5, 5.41) is 14.1. The number of amides is 2. The van der Waals surface area contributed by atoms with Crippen LogP contribution in [0.2, 0.25) is 0 Å². The van der Waals surface area contributed by atoms with Gasteiger partial charge >= 0.3 is 5.97 Å². The summed E-state index contributed by atoms with van der Waals surface area (Å²) in [4.78, 5) is 35.5. The Kier molecular flexibility index (Phi) is 6.59. The SMILES string of the molecule is C[C@H](CC(=O)N[C@H](C(=O)O)c1ccc(F)c(F)c1)NC(=O)c1ccccc1. The maximum Gasteiger partial charge on any atom is 0.330 e. The van der Waals surface area contributed by atoms with Crippen LogP contribution in [-0.4, -0.2) is 28.9 Å². The van der Waals surface area contributed by atoms with Crippen molar-refractivity contribution >= 4 is 17.8 Å². The molecule has 0 aromatic heterocycles. The first-order chi connectivity index (χ1) is 12.8. The zero-order valence-electron chi connectivity index (χ0n) is 14.4. The number of carboxylic acids is 1. The molecule has 0 heterocycles. The zero-order valence-corrected chi connectivity index (χ0v) is 14.4. The molecule has 0 aliphatic carbocycles. The van der Waals surface area contributed by atoms with E-state index in [4.69, 9.17) is 0 Å². The highest BCUT2D eigenvalue weighted by molar-refractivity contribution is 5.94. The Morgan fingerprint density at radius 2 is 1.67 bits per heavy atom. The molecule has 0 spiro atoms. The number of aliphatic carboxylic acids is 1. The fraction of sp³-hybridized carbons (Fsp3) is 0.211. The van der Waals surface area contributed by atoms with Gasteiger partial charge in [-0.05, 0) is 36.8 Å². The van der Waals surface area contributed by atoms with Crippen molar-refractivity contribution in [1.29, 1.82) is 0 Å². The summed E-state index contributed by atoms with van der Waals surface area (Å²) in [6, 6.07) is 8.87. The van der Waals surface area contributed by atoms with E-state index in [1.807, 2.05) is 0 Å². The molecule has 0 aliphatic heterocycles. The van der Waals surface area contributed by atoms with Crippen LogP contribution in [0.25, 0.3) is 0 Å². The molecule has 0 saturated carbocycles. The van der Waals surface area contributed by atoms with Gasteiger partial charge in [0.1, 0.15) is 0 Å². The number of hydrogen-bond acceptors (Lipinski definition) is 3. The van der Waals surface area contributed by atoms with Gasteiger partial charge in [0.25, 0.3) is 5.91 Å². The number of nitrogens with one attached hydrogen (secondary N) is 2. The van der Waals surface area contributed by atoms with E-state index in [-0.39, 0.29) is 17.9 Å². The Balaban J connectivity index is 1.98. The van der Waals surface area contributed by atoms with Crippen molar-refractivity contribution < 1.29 is 28.3 Å². The van der Waals surface area contributed by atoms with Crippen molar-refractivity contribution in [2.45, 2.75) is 25.4 Å². The quantitative estimate of drug-likeness (QED) is 0.692. The van der Waals surface area contributed by atoms with Gasteiger partial charge in [-0.25, -0.2) is 13.6 Å². The molecular formula is C19H18F2N2O4. The average Bonchev–Trinajstić information content (AvgIpc) is 2.62. The summed E-state index contributed by atoms with van der Waals surface area (Å²) in [6.45, 7) is 1.59. The lowest BCUT2D eigenvalue weighted by Crippen LogP contribution is -2.40. The van der Waals surface area contributed by atoms with E-state index in [0.717, 1.165) is 18.2 Å². The second-order valence-electron chi connectivity index (χ2n) is 5.96. The van der Waals surface area contributed by atoms with Gasteiger partial charge in [-0.1, -0.05) is 24.3 Å². The number of benzene rings is 2. The van der Waals surface area contributed by atoms with Crippen molar-refractivity contribution in [3.8, 4) is 0 Å². The summed E-state index contributed by atoms with van der Waals surface area (Å²) in [6.07, 6.45) is -0.188. The van der Waals surface area contributed by atoms with Crippen LogP contribution in [0.1, 0.15) is 35.3 Å². The van der Waals surface area contributed by atoms with Crippen molar-refractivity contribution in [2.24, 2.45) is 0 Å². The molecule has 0 saturated heterocycles. The minimum Gasteiger partial charge on any atom is -0.479 e. The van der Waals surface area contributed by atoms with E-state index in [1.54, 1.807) is 37.3 Å². The van der Waals surface area contributed by atoms with Gasteiger partial charge in [-0.3, -0.25) is 9.59 Å². The molecule has 8 heteroatoms. The molecule has 2 aromatic carbocycles. The molecule has 0 bridgehead atoms. The molecule has 0 aliphatic rings. The lowest BCUT2D eigenvalue weighted by atomic mass is 10.1. The number of carboxylic acid groups (broad SMARTS) is 1. The Labute approximate surface area is 154 Å². The molecule has 3 N–H and O–H groups in total. The molecule has 2 amide bonds. The van der Waals surface area contributed by atoms with Crippen molar-refractivity contribution in [3.05, 3.63) is 71.3 Å². The highest BCUT2D eigenvalue weighted by Gasteiger charge is 2.24. The summed E-state index contributed by atoms with van der Waals surface area (Å²) >= 11 is 0. The highest BCUT2D eigenvalue weighted by Crippen LogP contribution is 2.17. The first-order valence-corrected chi connectivity index (χ1v) is 8.11. The third-order valence-electron chi connectivity index (χ3n) is 3.73. The van der Waals surface area contributed by atoms with E-state index in [1.165, 1.54) is 0 Å². The molecule has 27 heavy (non-hydrogen) atoms. The standard InChI is InChI=1S/C19H18F2N2O4/c1-11(22-18(25)12-5-3-2-4-6-12)9-16(24)23-17(19(26)27)13-7-8-14(20)15(21)10-13/h2-8,10-11,17H,9H2,1H3,(H,22,25)(H,23,24)(H,26,27)/t11-,17+/m1/s1. The van der Waals surface area contributed by atoms with Crippen LogP contribution in [0.4, 0.5) is 8.78 Å². The fourth-order valence-electron chi connectivity index (χ4n) is 2.43. The minimum absolute atomic E-state index is 0.101. The Hall–Kier alpha value is -3.29. The van der Waals surface area contributed by atoms with Crippen molar-refractivity contribution in [3.63, 3.8) is 0 Å². The highest BCUT2D eigenvalue weighted by atomic mass is 19.2. The molecule has 0 fully saturated rings. The molecular weight excluding hydrogens is 358 g/mol. The van der Waals surface area contributed by atoms with Gasteiger partial charge in [0, 0.05) is 18.0 Å². The second-order valence-corrected chi connectivity index (χ2v) is 5.96. The molecule has 0 radical (unpaired) electrons. The van der Waals surface area contributed by atoms with E-state index >= 15 is 0 Å². The lowest BCUT2D eigenvalue weighted by Gasteiger charge is -2.18. The molecule has 6 nitrogen and oxygen atoms in total. The van der Waals surface area contributed by atoms with E-state index in [0.29, 0.717) is 5.56 Å². The van der Waals surface area contributed by atoms with Crippen LogP contribution in [0.3, 0.4) is 0 Å². The Morgan fingerprint density at radius 1 is 1.00 bits per heavy atom. The fourth-order valence-corrected chi connectivity index (χ4v) is 2.43. The Bertz CT molecular complexity index is 843. The third kappa shape index (κ3) is 5.60. The predicted molar refractivity (Wildman–Crippen MR) is 92.9 cm³/mol. The van der Waals surface area contributed by atoms with Crippen molar-refractivity contribution in [2.75, 3.05) is 0 Å². The van der Waals surface area contributed by atoms with Gasteiger partial charge in [0.2, 0.25) is 5.91 Å². The topological polar surface area (TPSA) is 95.5 Å². The smallest absolute Gasteiger partial charge is 0.330 e. The van der Waals surface area contributed by atoms with Crippen LogP contribution in [0.15, 0.2) is 48.5 Å². The normalized spacial score (nSPS) is 12.7. The summed E-state index contributed by atoms with van der Waals surface area (Å²) < 4.78 is 26.3. The van der Waals surface area contributed by atoms with E-state index < -0.39 is 35.6 Å². The summed E-state index contributed by atoms with van der Waals surface area (Å²) in [5.41, 5.74) is 0.325. The molecule has 2 rings (SSSR count). The van der Waals surface area contributed by atoms with Gasteiger partial charge in [-0.15, -0.1) is 0 Å². The van der Waals surface area contributed by atoms with Crippen LogP contribution < -0.4 is 10.6 Å². The van der Waals surface area contributed by atoms with Crippen LogP contribution in [-0.2, 0) is 9.59 Å². The molecule has 0 unspecified atom stereocenters. The van der Waals surface area contributed by atoms with Crippen molar-refractivity contribution in [1.82, 2.24) is 10.6 Å². The third-order valence-corrected chi connectivity index (χ3v) is 3.73. The number of carbonyl (C=O) groups excluding carboxylic acids is 2. The first kappa shape index (κ1) is 20.0. The Morgan fingerprint density at radius 3 is 2.26 bits per heavy atom. The minimum atomic E-state index is -1.54. The van der Waals surface area contributed by atoms with Gasteiger partial charge in [-0.2, -0.15) is 0 Å². The molecule has 2 atom stereocenters. The number of hydrogen-bond donors (Lipinski definition) is 3. The average molecular weight is 376 g/mol.